The van der Waals surface area contributed by atoms with E-state index in [0.717, 1.165) is 0 Å². The Bertz CT molecular complexity index is 1930. The van der Waals surface area contributed by atoms with Crippen LogP contribution in [0.4, 0.5) is 0 Å². The minimum atomic E-state index is -0.426. The summed E-state index contributed by atoms with van der Waals surface area (Å²) in [6.07, 6.45) is 5.26. The van der Waals surface area contributed by atoms with E-state index in [1.807, 2.05) is 0 Å². The molecule has 0 N–H and O–H groups in total. The van der Waals surface area contributed by atoms with Crippen LogP contribution in [-0.4, -0.2) is 9.52 Å². The molecule has 0 nitrogen and oxygen atoms in total. The number of hydrogen-bond acceptors (Lipinski definition) is 0. The normalized spacial score (nSPS) is 17.3. The molecule has 0 bridgehead atoms. The summed E-state index contributed by atoms with van der Waals surface area (Å²) < 4.78 is 0. The Kier molecular flexibility index (Phi) is 11.6. The molecule has 0 aromatic heterocycles. The summed E-state index contributed by atoms with van der Waals surface area (Å²) in [6.45, 7) is 38.0. The maximum atomic E-state index is 2.63. The third-order valence-corrected chi connectivity index (χ3v) is 15.0. The predicted molar refractivity (Wildman–Crippen MR) is 248 cm³/mol. The van der Waals surface area contributed by atoms with Crippen LogP contribution in [0.1, 0.15) is 188 Å². The second kappa shape index (κ2) is 15.5. The van der Waals surface area contributed by atoms with Crippen LogP contribution in [0.2, 0.25) is 12.1 Å². The zero-order valence-corrected chi connectivity index (χ0v) is 38.9. The van der Waals surface area contributed by atoms with Crippen molar-refractivity contribution in [2.24, 2.45) is 10.8 Å². The molecule has 0 saturated heterocycles. The predicted octanol–water partition coefficient (Wildman–Crippen LogP) is 15.9. The van der Waals surface area contributed by atoms with E-state index >= 15 is 0 Å². The number of rotatable bonds is 10. The lowest BCUT2D eigenvalue weighted by Gasteiger charge is -2.30. The van der Waals surface area contributed by atoms with Gasteiger partial charge in [-0.25, -0.2) is 0 Å². The third kappa shape index (κ3) is 8.21. The summed E-state index contributed by atoms with van der Waals surface area (Å²) in [6, 6.07) is 27.3. The standard InChI is InChI=1S/C54H72Si/c1-31(2)37-21-38(32(3)4)24-41(23-37)51-35(9)17-19-43-45(51)27-49(53(11,12)13)47(43)29-55-30-48-44-20-18-36(10)52(46(44)28-50(48)54(14,15)16)42-25-39(33(5)6)22-40(26-42)34(7)8/h17-28,31-34,47-48H,29-30,55H2,1-16H3. The molecule has 2 unspecified atom stereocenters. The lowest BCUT2D eigenvalue weighted by molar-refractivity contribution is 0.475. The van der Waals surface area contributed by atoms with Gasteiger partial charge in [0.2, 0.25) is 0 Å². The molecular formula is C54H72Si. The lowest BCUT2D eigenvalue weighted by Crippen LogP contribution is -2.18. The van der Waals surface area contributed by atoms with Gasteiger partial charge in [0.05, 0.1) is 0 Å². The zero-order chi connectivity index (χ0) is 40.3. The Morgan fingerprint density at radius 3 is 1.05 bits per heavy atom. The van der Waals surface area contributed by atoms with Gasteiger partial charge in [0.15, 0.2) is 0 Å². The van der Waals surface area contributed by atoms with Gasteiger partial charge in [-0.1, -0.05) is 193 Å². The average molecular weight is 749 g/mol. The molecule has 0 radical (unpaired) electrons. The first-order valence-corrected chi connectivity index (χ1v) is 23.7. The van der Waals surface area contributed by atoms with Gasteiger partial charge in [-0.2, -0.15) is 0 Å². The van der Waals surface area contributed by atoms with Crippen molar-refractivity contribution >= 4 is 21.7 Å². The lowest BCUT2D eigenvalue weighted by atomic mass is 9.79. The quantitative estimate of drug-likeness (QED) is 0.142. The highest BCUT2D eigenvalue weighted by Gasteiger charge is 2.37. The van der Waals surface area contributed by atoms with E-state index in [-0.39, 0.29) is 10.8 Å². The Morgan fingerprint density at radius 1 is 0.473 bits per heavy atom. The van der Waals surface area contributed by atoms with Gasteiger partial charge in [0, 0.05) is 21.4 Å². The van der Waals surface area contributed by atoms with Crippen molar-refractivity contribution in [3.8, 4) is 22.3 Å². The molecule has 2 aliphatic rings. The van der Waals surface area contributed by atoms with Crippen molar-refractivity contribution in [1.82, 2.24) is 0 Å². The smallest absolute Gasteiger partial charge is 0.0218 e. The van der Waals surface area contributed by atoms with Gasteiger partial charge in [0.1, 0.15) is 0 Å². The highest BCUT2D eigenvalue weighted by molar-refractivity contribution is 6.36. The largest absolute Gasteiger partial charge is 0.0587 e. The summed E-state index contributed by atoms with van der Waals surface area (Å²) in [5.41, 5.74) is 23.9. The number of allylic oxidation sites excluding steroid dienone is 2. The molecule has 55 heavy (non-hydrogen) atoms. The second-order valence-electron chi connectivity index (χ2n) is 20.7. The first-order valence-electron chi connectivity index (χ1n) is 21.7. The molecule has 1 heteroatoms. The molecule has 0 spiro atoms. The van der Waals surface area contributed by atoms with Gasteiger partial charge < -0.3 is 0 Å². The van der Waals surface area contributed by atoms with Crippen LogP contribution in [0, 0.1) is 24.7 Å². The molecule has 4 aromatic carbocycles. The van der Waals surface area contributed by atoms with Crippen LogP contribution in [0.25, 0.3) is 34.4 Å². The van der Waals surface area contributed by atoms with Crippen molar-refractivity contribution in [1.29, 1.82) is 0 Å². The minimum Gasteiger partial charge on any atom is -0.0587 e. The van der Waals surface area contributed by atoms with E-state index in [1.54, 1.807) is 22.3 Å². The topological polar surface area (TPSA) is 0 Å². The Morgan fingerprint density at radius 2 is 0.782 bits per heavy atom. The maximum absolute atomic E-state index is 2.63. The summed E-state index contributed by atoms with van der Waals surface area (Å²) in [4.78, 5) is 0. The van der Waals surface area contributed by atoms with Crippen LogP contribution < -0.4 is 0 Å². The summed E-state index contributed by atoms with van der Waals surface area (Å²) in [5, 5.41) is 0. The molecule has 0 aliphatic heterocycles. The van der Waals surface area contributed by atoms with Crippen molar-refractivity contribution in [3.05, 3.63) is 127 Å². The maximum Gasteiger partial charge on any atom is 0.0218 e. The fourth-order valence-corrected chi connectivity index (χ4v) is 11.9. The van der Waals surface area contributed by atoms with E-state index in [2.05, 4.69) is 184 Å². The number of aryl methyl sites for hydroxylation is 2. The summed E-state index contributed by atoms with van der Waals surface area (Å²) >= 11 is 0. The Balaban J connectivity index is 1.38. The van der Waals surface area contributed by atoms with E-state index < -0.39 is 9.52 Å². The van der Waals surface area contributed by atoms with Crippen LogP contribution >= 0.6 is 0 Å². The fraction of sp³-hybridized carbons (Fsp3) is 0.481. The van der Waals surface area contributed by atoms with Gasteiger partial charge in [0.25, 0.3) is 0 Å². The molecule has 2 aliphatic carbocycles. The highest BCUT2D eigenvalue weighted by Crippen LogP contribution is 2.53. The van der Waals surface area contributed by atoms with Gasteiger partial charge in [-0.3, -0.25) is 0 Å². The molecule has 0 fully saturated rings. The number of benzene rings is 4. The van der Waals surface area contributed by atoms with E-state index in [4.69, 9.17) is 0 Å². The van der Waals surface area contributed by atoms with Crippen molar-refractivity contribution in [2.45, 2.75) is 158 Å². The number of hydrogen-bond donors (Lipinski definition) is 0. The van der Waals surface area contributed by atoms with E-state index in [1.165, 1.54) is 78.8 Å². The third-order valence-electron chi connectivity index (χ3n) is 13.0. The van der Waals surface area contributed by atoms with E-state index in [9.17, 15) is 0 Å². The van der Waals surface area contributed by atoms with Crippen molar-refractivity contribution in [3.63, 3.8) is 0 Å². The molecule has 0 heterocycles. The molecule has 0 amide bonds. The van der Waals surface area contributed by atoms with E-state index in [0.29, 0.717) is 35.5 Å². The van der Waals surface area contributed by atoms with Crippen molar-refractivity contribution < 1.29 is 0 Å². The molecule has 292 valence electrons. The molecule has 2 atom stereocenters. The van der Waals surface area contributed by atoms with Crippen LogP contribution in [0.3, 0.4) is 0 Å². The van der Waals surface area contributed by atoms with Gasteiger partial charge in [-0.05, 0) is 126 Å². The summed E-state index contributed by atoms with van der Waals surface area (Å²) in [5.74, 6) is 3.02. The van der Waals surface area contributed by atoms with Crippen molar-refractivity contribution in [2.75, 3.05) is 0 Å². The average Bonchev–Trinajstić information content (AvgIpc) is 3.66. The zero-order valence-electron chi connectivity index (χ0n) is 37.5. The Labute approximate surface area is 339 Å². The number of fused-ring (bicyclic) bond motifs is 2. The Hall–Kier alpha value is -3.42. The molecule has 0 saturated carbocycles. The monoisotopic (exact) mass is 749 g/mol. The SMILES string of the molecule is Cc1ccc2c(c1-c1cc(C(C)C)cc(C(C)C)c1)C=C(C(C)(C)C)C2C[SiH2]CC1C(C(C)(C)C)=Cc2c1ccc(C)c2-c1cc(C(C)C)cc(C(C)C)c1. The second-order valence-corrected chi connectivity index (χ2v) is 22.5. The molecular weight excluding hydrogens is 677 g/mol. The molecule has 6 rings (SSSR count). The van der Waals surface area contributed by atoms with Gasteiger partial charge >= 0.3 is 0 Å². The van der Waals surface area contributed by atoms with Crippen LogP contribution in [-0.2, 0) is 0 Å². The van der Waals surface area contributed by atoms with Crippen LogP contribution in [0.5, 0.6) is 0 Å². The first-order chi connectivity index (χ1) is 25.7. The fourth-order valence-electron chi connectivity index (χ4n) is 9.62. The highest BCUT2D eigenvalue weighted by atomic mass is 28.2. The first kappa shape index (κ1) is 41.2. The summed E-state index contributed by atoms with van der Waals surface area (Å²) in [7, 11) is -0.426. The van der Waals surface area contributed by atoms with Crippen LogP contribution in [0.15, 0.2) is 71.8 Å². The van der Waals surface area contributed by atoms with Gasteiger partial charge in [-0.15, -0.1) is 0 Å². The molecule has 4 aromatic rings. The minimum absolute atomic E-state index is 0.119.